The van der Waals surface area contributed by atoms with Crippen molar-refractivity contribution in [2.24, 2.45) is 0 Å². The zero-order valence-corrected chi connectivity index (χ0v) is 12.9. The van der Waals surface area contributed by atoms with Gasteiger partial charge in [-0.1, -0.05) is 17.3 Å². The molecule has 0 saturated carbocycles. The van der Waals surface area contributed by atoms with Gasteiger partial charge >= 0.3 is 0 Å². The molecule has 5 heteroatoms. The van der Waals surface area contributed by atoms with Gasteiger partial charge in [0.15, 0.2) is 5.82 Å². The molecule has 22 heavy (non-hydrogen) atoms. The fourth-order valence-corrected chi connectivity index (χ4v) is 4.30. The Bertz CT molecular complexity index is 669. The van der Waals surface area contributed by atoms with E-state index in [2.05, 4.69) is 22.1 Å². The molecule has 116 valence electrons. The van der Waals surface area contributed by atoms with Crippen LogP contribution in [0.4, 0.5) is 4.39 Å². The molecule has 1 aromatic heterocycles. The zero-order valence-electron chi connectivity index (χ0n) is 12.9. The molecule has 0 spiro atoms. The largest absolute Gasteiger partial charge is 0.339 e. The highest BCUT2D eigenvalue weighted by Gasteiger charge is 2.48. The van der Waals surface area contributed by atoms with Crippen LogP contribution in [0.5, 0.6) is 0 Å². The summed E-state index contributed by atoms with van der Waals surface area (Å²) in [7, 11) is 2.19. The normalized spacial score (nSPS) is 31.6. The first kappa shape index (κ1) is 13.9. The Hall–Kier alpha value is -1.75. The summed E-state index contributed by atoms with van der Waals surface area (Å²) in [5, 5.41) is 3.98. The fourth-order valence-electron chi connectivity index (χ4n) is 4.30. The Morgan fingerprint density at radius 2 is 2.00 bits per heavy atom. The number of piperidine rings is 1. The van der Waals surface area contributed by atoms with Crippen LogP contribution in [0.15, 0.2) is 28.8 Å². The first-order chi connectivity index (χ1) is 10.6. The van der Waals surface area contributed by atoms with Gasteiger partial charge in [-0.3, -0.25) is 4.90 Å². The van der Waals surface area contributed by atoms with Crippen LogP contribution in [0.2, 0.25) is 0 Å². The van der Waals surface area contributed by atoms with Crippen molar-refractivity contribution in [3.8, 4) is 0 Å². The molecule has 2 aliphatic heterocycles. The zero-order chi connectivity index (χ0) is 15.3. The van der Waals surface area contributed by atoms with E-state index >= 15 is 0 Å². The van der Waals surface area contributed by atoms with Crippen molar-refractivity contribution >= 4 is 0 Å². The number of likely N-dealkylation sites (N-methyl/N-ethyl adjacent to an activating group) is 1. The van der Waals surface area contributed by atoms with E-state index in [0.29, 0.717) is 23.8 Å². The number of nitrogens with zero attached hydrogens (tertiary/aromatic N) is 3. The minimum absolute atomic E-state index is 0.190. The lowest BCUT2D eigenvalue weighted by atomic mass is 9.76. The van der Waals surface area contributed by atoms with E-state index in [4.69, 9.17) is 4.52 Å². The maximum atomic E-state index is 13.3. The molecule has 2 saturated heterocycles. The predicted octanol–water partition coefficient (Wildman–Crippen LogP) is 3.25. The number of benzene rings is 1. The number of hydrogen-bond donors (Lipinski definition) is 0. The lowest BCUT2D eigenvalue weighted by molar-refractivity contribution is 0.120. The summed E-state index contributed by atoms with van der Waals surface area (Å²) in [5.74, 6) is 1.72. The Kier molecular flexibility index (Phi) is 3.26. The fraction of sp³-hybridized carbons (Fsp3) is 0.529. The molecule has 2 bridgehead atoms. The molecule has 4 nitrogen and oxygen atoms in total. The molecule has 0 N–H and O–H groups in total. The summed E-state index contributed by atoms with van der Waals surface area (Å²) < 4.78 is 18.8. The molecule has 0 aliphatic carbocycles. The van der Waals surface area contributed by atoms with Crippen molar-refractivity contribution in [2.45, 2.75) is 50.1 Å². The highest BCUT2D eigenvalue weighted by Crippen LogP contribution is 2.50. The Morgan fingerprint density at radius 3 is 2.68 bits per heavy atom. The summed E-state index contributed by atoms with van der Waals surface area (Å²) in [6.07, 6.45) is 3.43. The van der Waals surface area contributed by atoms with E-state index in [0.717, 1.165) is 18.7 Å². The first-order valence-corrected chi connectivity index (χ1v) is 7.91. The van der Waals surface area contributed by atoms with Crippen molar-refractivity contribution in [2.75, 3.05) is 7.05 Å². The highest BCUT2D eigenvalue weighted by molar-refractivity contribution is 5.27. The van der Waals surface area contributed by atoms with E-state index in [1.54, 1.807) is 12.1 Å². The molecule has 0 unspecified atom stereocenters. The van der Waals surface area contributed by atoms with Crippen LogP contribution < -0.4 is 0 Å². The van der Waals surface area contributed by atoms with E-state index in [-0.39, 0.29) is 11.7 Å². The molecule has 0 amide bonds. The summed E-state index contributed by atoms with van der Waals surface area (Å²) in [4.78, 5) is 6.96. The second-order valence-electron chi connectivity index (χ2n) is 6.56. The molecule has 4 rings (SSSR count). The quantitative estimate of drug-likeness (QED) is 0.854. The average molecular weight is 301 g/mol. The van der Waals surface area contributed by atoms with Gasteiger partial charge in [0.1, 0.15) is 5.82 Å². The van der Waals surface area contributed by atoms with Gasteiger partial charge in [0, 0.05) is 12.1 Å². The first-order valence-electron chi connectivity index (χ1n) is 7.91. The molecule has 0 radical (unpaired) electrons. The van der Waals surface area contributed by atoms with Crippen LogP contribution in [-0.2, 0) is 0 Å². The van der Waals surface area contributed by atoms with Gasteiger partial charge in [0.05, 0.1) is 5.92 Å². The van der Waals surface area contributed by atoms with Gasteiger partial charge in [-0.15, -0.1) is 0 Å². The van der Waals surface area contributed by atoms with Gasteiger partial charge in [-0.25, -0.2) is 4.39 Å². The van der Waals surface area contributed by atoms with Crippen LogP contribution in [0.1, 0.15) is 48.4 Å². The van der Waals surface area contributed by atoms with Crippen LogP contribution in [-0.4, -0.2) is 34.2 Å². The lowest BCUT2D eigenvalue weighted by Gasteiger charge is -2.41. The van der Waals surface area contributed by atoms with Gasteiger partial charge in [0.2, 0.25) is 5.89 Å². The van der Waals surface area contributed by atoms with E-state index in [1.807, 2.05) is 19.1 Å². The highest BCUT2D eigenvalue weighted by atomic mass is 19.1. The number of rotatable bonds is 2. The summed E-state index contributed by atoms with van der Waals surface area (Å²) in [5.41, 5.74) is 1.17. The topological polar surface area (TPSA) is 42.2 Å². The third-order valence-corrected chi connectivity index (χ3v) is 5.40. The second kappa shape index (κ2) is 5.16. The lowest BCUT2D eigenvalue weighted by Crippen LogP contribution is -2.44. The number of aromatic nitrogens is 2. The molecule has 2 aromatic rings. The Morgan fingerprint density at radius 1 is 1.23 bits per heavy atom. The predicted molar refractivity (Wildman–Crippen MR) is 80.1 cm³/mol. The smallest absolute Gasteiger partial charge is 0.231 e. The maximum absolute atomic E-state index is 13.3. The third-order valence-electron chi connectivity index (χ3n) is 5.40. The van der Waals surface area contributed by atoms with Gasteiger partial charge < -0.3 is 4.52 Å². The number of fused-ring (bicyclic) bond motifs is 2. The standard InChI is InChI=1S/C17H20FN3O/c1-10-19-17(22-20-10)16-14(11-3-5-12(18)6-4-11)9-13-7-8-15(16)21(13)2/h3-6,13-16H,7-9H2,1-2H3/t13-,14-,15+,16+/m0/s1. The van der Waals surface area contributed by atoms with E-state index in [9.17, 15) is 4.39 Å². The molecule has 4 atom stereocenters. The van der Waals surface area contributed by atoms with Crippen molar-refractivity contribution in [1.82, 2.24) is 15.0 Å². The van der Waals surface area contributed by atoms with Gasteiger partial charge in [-0.2, -0.15) is 4.98 Å². The molecule has 2 aliphatic rings. The molecular weight excluding hydrogens is 281 g/mol. The van der Waals surface area contributed by atoms with E-state index in [1.165, 1.54) is 12.0 Å². The van der Waals surface area contributed by atoms with Crippen LogP contribution >= 0.6 is 0 Å². The monoisotopic (exact) mass is 301 g/mol. The maximum Gasteiger partial charge on any atom is 0.231 e. The Labute approximate surface area is 129 Å². The third kappa shape index (κ3) is 2.15. The van der Waals surface area contributed by atoms with Crippen LogP contribution in [0.25, 0.3) is 0 Å². The van der Waals surface area contributed by atoms with Gasteiger partial charge in [0.25, 0.3) is 0 Å². The second-order valence-corrected chi connectivity index (χ2v) is 6.56. The summed E-state index contributed by atoms with van der Waals surface area (Å²) in [6.45, 7) is 1.85. The van der Waals surface area contributed by atoms with Gasteiger partial charge in [-0.05, 0) is 56.8 Å². The number of halogens is 1. The van der Waals surface area contributed by atoms with Crippen molar-refractivity contribution < 1.29 is 8.91 Å². The van der Waals surface area contributed by atoms with Crippen molar-refractivity contribution in [3.05, 3.63) is 47.4 Å². The van der Waals surface area contributed by atoms with Crippen molar-refractivity contribution in [3.63, 3.8) is 0 Å². The number of hydrogen-bond acceptors (Lipinski definition) is 4. The van der Waals surface area contributed by atoms with Crippen LogP contribution in [0.3, 0.4) is 0 Å². The Balaban J connectivity index is 1.76. The van der Waals surface area contributed by atoms with Crippen molar-refractivity contribution in [1.29, 1.82) is 0 Å². The molecule has 3 heterocycles. The van der Waals surface area contributed by atoms with Crippen LogP contribution in [0, 0.1) is 12.7 Å². The number of aryl methyl sites for hydroxylation is 1. The van der Waals surface area contributed by atoms with E-state index < -0.39 is 0 Å². The molecular formula is C17H20FN3O. The SMILES string of the molecule is Cc1noc([C@H]2[C@H]3CC[C@@H](C[C@H]2c2ccc(F)cc2)N3C)n1. The average Bonchev–Trinajstić information content (AvgIpc) is 3.02. The minimum atomic E-state index is -0.190. The molecule has 2 fully saturated rings. The molecule has 1 aromatic carbocycles. The minimum Gasteiger partial charge on any atom is -0.339 e. The summed E-state index contributed by atoms with van der Waals surface area (Å²) in [6, 6.07) is 7.92. The summed E-state index contributed by atoms with van der Waals surface area (Å²) >= 11 is 0.